The molecule has 0 saturated carbocycles. The predicted octanol–water partition coefficient (Wildman–Crippen LogP) is 3.39. The Morgan fingerprint density at radius 2 is 2.36 bits per heavy atom. The number of carbonyl (C=O) groups is 1. The summed E-state index contributed by atoms with van der Waals surface area (Å²) in [5.74, 6) is 0.0860. The molecule has 4 heterocycles. The lowest BCUT2D eigenvalue weighted by Gasteiger charge is -2.19. The number of ketones is 1. The molecule has 130 valence electrons. The normalized spacial score (nSPS) is 20.0. The summed E-state index contributed by atoms with van der Waals surface area (Å²) in [6, 6.07) is 2.41. The average molecular weight is 355 g/mol. The lowest BCUT2D eigenvalue weighted by Crippen LogP contribution is -2.26. The average Bonchev–Trinajstić information content (AvgIpc) is 3.25. The molecule has 6 nitrogen and oxygen atoms in total. The van der Waals surface area contributed by atoms with Gasteiger partial charge in [-0.2, -0.15) is 0 Å². The van der Waals surface area contributed by atoms with Crippen molar-refractivity contribution < 1.29 is 4.79 Å². The van der Waals surface area contributed by atoms with Crippen LogP contribution in [0, 0.1) is 0 Å². The summed E-state index contributed by atoms with van der Waals surface area (Å²) in [5.41, 5.74) is 2.73. The molecule has 1 saturated heterocycles. The Balaban J connectivity index is 1.46. The summed E-state index contributed by atoms with van der Waals surface area (Å²) in [4.78, 5) is 27.9. The highest BCUT2D eigenvalue weighted by Gasteiger charge is 2.21. The van der Waals surface area contributed by atoms with Crippen molar-refractivity contribution in [1.29, 1.82) is 0 Å². The van der Waals surface area contributed by atoms with E-state index >= 15 is 0 Å². The first-order valence-corrected chi connectivity index (χ1v) is 9.55. The molecule has 25 heavy (non-hydrogen) atoms. The van der Waals surface area contributed by atoms with Crippen LogP contribution in [0.3, 0.4) is 0 Å². The second-order valence-electron chi connectivity index (χ2n) is 6.52. The van der Waals surface area contributed by atoms with Gasteiger partial charge in [-0.25, -0.2) is 4.98 Å². The van der Waals surface area contributed by atoms with E-state index < -0.39 is 0 Å². The third kappa shape index (κ3) is 3.34. The maximum atomic E-state index is 12.0. The topological polar surface area (TPSA) is 70.5 Å². The molecule has 1 N–H and O–H groups in total. The van der Waals surface area contributed by atoms with Crippen LogP contribution >= 0.6 is 11.3 Å². The Kier molecular flexibility index (Phi) is 4.59. The lowest BCUT2D eigenvalue weighted by molar-refractivity contribution is 0.100. The highest BCUT2D eigenvalue weighted by atomic mass is 32.1. The predicted molar refractivity (Wildman–Crippen MR) is 101 cm³/mol. The number of Topliss-reactive ketones (excluding diaryl/α,β-unsaturated/α-hetero) is 1. The molecular weight excluding hydrogens is 334 g/mol. The lowest BCUT2D eigenvalue weighted by atomic mass is 10.0. The molecule has 0 bridgehead atoms. The molecule has 0 radical (unpaired) electrons. The van der Waals surface area contributed by atoms with E-state index in [1.165, 1.54) is 19.4 Å². The van der Waals surface area contributed by atoms with Gasteiger partial charge in [0.05, 0.1) is 0 Å². The second kappa shape index (κ2) is 7.01. The zero-order valence-corrected chi connectivity index (χ0v) is 15.1. The smallest absolute Gasteiger partial charge is 0.183 e. The molecule has 1 fully saturated rings. The van der Waals surface area contributed by atoms with Gasteiger partial charge in [-0.3, -0.25) is 14.8 Å². The summed E-state index contributed by atoms with van der Waals surface area (Å²) in [5, 5.41) is 6.28. The number of pyridine rings is 1. The monoisotopic (exact) mass is 355 g/mol. The minimum Gasteiger partial charge on any atom is -0.361 e. The van der Waals surface area contributed by atoms with Gasteiger partial charge in [-0.15, -0.1) is 11.3 Å². The standard InChI is InChI=1S/C18H21N5OS/c1-23-10-2-3-12(23)4-7-21-18-22-14(11-25-18)17-16-13(5-8-20-17)15(24)6-9-19-16/h5,8-9,11-12H,2-4,6-7,10H2,1H3,(H,21,22). The van der Waals surface area contributed by atoms with E-state index in [0.717, 1.165) is 23.8 Å². The molecule has 0 aromatic carbocycles. The van der Waals surface area contributed by atoms with E-state index in [1.807, 2.05) is 5.38 Å². The molecule has 2 aliphatic heterocycles. The van der Waals surface area contributed by atoms with E-state index in [9.17, 15) is 4.79 Å². The summed E-state index contributed by atoms with van der Waals surface area (Å²) in [6.45, 7) is 2.12. The molecule has 1 unspecified atom stereocenters. The molecule has 1 atom stereocenters. The minimum atomic E-state index is 0.0860. The fraction of sp³-hybridized carbons (Fsp3) is 0.444. The van der Waals surface area contributed by atoms with Crippen molar-refractivity contribution in [3.63, 3.8) is 0 Å². The van der Waals surface area contributed by atoms with E-state index in [4.69, 9.17) is 0 Å². The number of rotatable bonds is 5. The van der Waals surface area contributed by atoms with Crippen LogP contribution in [0.2, 0.25) is 0 Å². The number of thiazole rings is 1. The number of aliphatic imine (C=N–C) groups is 1. The van der Waals surface area contributed by atoms with Gasteiger partial charge >= 0.3 is 0 Å². The Morgan fingerprint density at radius 3 is 3.20 bits per heavy atom. The zero-order chi connectivity index (χ0) is 17.2. The summed E-state index contributed by atoms with van der Waals surface area (Å²) in [7, 11) is 2.20. The molecule has 2 aliphatic rings. The molecule has 4 rings (SSSR count). The van der Waals surface area contributed by atoms with Crippen LogP contribution in [-0.4, -0.2) is 53.0 Å². The van der Waals surface area contributed by atoms with Gasteiger partial charge in [-0.1, -0.05) is 0 Å². The fourth-order valence-corrected chi connectivity index (χ4v) is 4.20. The number of carbonyl (C=O) groups excluding carboxylic acids is 1. The summed E-state index contributed by atoms with van der Waals surface area (Å²) < 4.78 is 0. The van der Waals surface area contributed by atoms with Gasteiger partial charge in [-0.05, 0) is 38.9 Å². The molecule has 2 aromatic rings. The van der Waals surface area contributed by atoms with Crippen molar-refractivity contribution in [3.05, 3.63) is 23.2 Å². The minimum absolute atomic E-state index is 0.0860. The second-order valence-corrected chi connectivity index (χ2v) is 7.38. The first-order chi connectivity index (χ1) is 12.2. The van der Waals surface area contributed by atoms with Gasteiger partial charge in [0.25, 0.3) is 0 Å². The number of nitrogens with zero attached hydrogens (tertiary/aromatic N) is 4. The van der Waals surface area contributed by atoms with Gasteiger partial charge in [0, 0.05) is 42.4 Å². The molecule has 0 amide bonds. The molecule has 2 aromatic heterocycles. The van der Waals surface area contributed by atoms with E-state index in [2.05, 4.69) is 32.2 Å². The van der Waals surface area contributed by atoms with Gasteiger partial charge < -0.3 is 10.2 Å². The van der Waals surface area contributed by atoms with Crippen molar-refractivity contribution in [2.75, 3.05) is 25.5 Å². The number of likely N-dealkylation sites (tertiary alicyclic amines) is 1. The number of hydrogen-bond donors (Lipinski definition) is 1. The number of fused-ring (bicyclic) bond motifs is 1. The summed E-state index contributed by atoms with van der Waals surface area (Å²) >= 11 is 1.57. The molecular formula is C18H21N5OS. The van der Waals surface area contributed by atoms with Crippen molar-refractivity contribution in [2.45, 2.75) is 31.7 Å². The van der Waals surface area contributed by atoms with Crippen LogP contribution in [0.4, 0.5) is 10.8 Å². The number of aromatic nitrogens is 2. The Labute approximate surface area is 151 Å². The maximum Gasteiger partial charge on any atom is 0.183 e. The van der Waals surface area contributed by atoms with Crippen molar-refractivity contribution in [3.8, 4) is 11.4 Å². The van der Waals surface area contributed by atoms with Crippen LogP contribution in [0.1, 0.15) is 36.0 Å². The third-order valence-corrected chi connectivity index (χ3v) is 5.69. The van der Waals surface area contributed by atoms with E-state index in [0.29, 0.717) is 29.4 Å². The van der Waals surface area contributed by atoms with Crippen molar-refractivity contribution >= 4 is 34.2 Å². The SMILES string of the molecule is CN1CCCC1CCNc1nc(-c2nccc3c2N=CCC3=O)cs1. The first kappa shape index (κ1) is 16.4. The molecule has 0 spiro atoms. The number of anilines is 1. The molecule has 7 heteroatoms. The van der Waals surface area contributed by atoms with Gasteiger partial charge in [0.15, 0.2) is 10.9 Å². The Morgan fingerprint density at radius 1 is 1.44 bits per heavy atom. The van der Waals surface area contributed by atoms with Crippen LogP contribution < -0.4 is 5.32 Å². The maximum absolute atomic E-state index is 12.0. The highest BCUT2D eigenvalue weighted by Crippen LogP contribution is 2.35. The number of hydrogen-bond acceptors (Lipinski definition) is 7. The van der Waals surface area contributed by atoms with Crippen LogP contribution in [0.25, 0.3) is 11.4 Å². The van der Waals surface area contributed by atoms with Gasteiger partial charge in [0.2, 0.25) is 0 Å². The van der Waals surface area contributed by atoms with E-state index in [1.54, 1.807) is 29.8 Å². The molecule has 0 aliphatic carbocycles. The van der Waals surface area contributed by atoms with Crippen molar-refractivity contribution in [2.24, 2.45) is 4.99 Å². The van der Waals surface area contributed by atoms with Crippen LogP contribution in [0.5, 0.6) is 0 Å². The van der Waals surface area contributed by atoms with Crippen LogP contribution in [-0.2, 0) is 0 Å². The largest absolute Gasteiger partial charge is 0.361 e. The fourth-order valence-electron chi connectivity index (χ4n) is 3.48. The zero-order valence-electron chi connectivity index (χ0n) is 14.2. The van der Waals surface area contributed by atoms with Gasteiger partial charge in [0.1, 0.15) is 17.1 Å². The third-order valence-electron chi connectivity index (χ3n) is 4.89. The van der Waals surface area contributed by atoms with Crippen LogP contribution in [0.15, 0.2) is 22.6 Å². The highest BCUT2D eigenvalue weighted by molar-refractivity contribution is 7.14. The van der Waals surface area contributed by atoms with Crippen molar-refractivity contribution in [1.82, 2.24) is 14.9 Å². The first-order valence-electron chi connectivity index (χ1n) is 8.67. The van der Waals surface area contributed by atoms with E-state index in [-0.39, 0.29) is 5.78 Å². The number of nitrogens with one attached hydrogen (secondary N) is 1. The Hall–Kier alpha value is -2.12. The Bertz CT molecular complexity index is 816. The quantitative estimate of drug-likeness (QED) is 0.890. The summed E-state index contributed by atoms with van der Waals surface area (Å²) in [6.07, 6.45) is 7.38.